The van der Waals surface area contributed by atoms with Crippen molar-refractivity contribution >= 4 is 16.9 Å². The molecule has 0 unspecified atom stereocenters. The summed E-state index contributed by atoms with van der Waals surface area (Å²) in [4.78, 5) is 14.9. The van der Waals surface area contributed by atoms with Gasteiger partial charge >= 0.3 is 0 Å². The standard InChI is InChI=1S/C22H24N2O2/c1-14-8-17-10-21(26-20(17)9-15(14)2)22(25)24-12-18(11-23)19(13-24)16-6-4-3-5-7-16/h3-10,18-19H,11-13,23H2,1-2H3/t18-,19+/m1/s1. The van der Waals surface area contributed by atoms with Gasteiger partial charge in [0.05, 0.1) is 0 Å². The molecule has 26 heavy (non-hydrogen) atoms. The SMILES string of the molecule is Cc1cc2cc(C(=O)N3C[C@@H](CN)[C@H](c4ccccc4)C3)oc2cc1C. The summed E-state index contributed by atoms with van der Waals surface area (Å²) in [5.41, 5.74) is 10.4. The zero-order valence-electron chi connectivity index (χ0n) is 15.2. The molecule has 0 spiro atoms. The molecule has 0 saturated carbocycles. The number of hydrogen-bond acceptors (Lipinski definition) is 3. The minimum Gasteiger partial charge on any atom is -0.451 e. The molecule has 2 aromatic carbocycles. The van der Waals surface area contributed by atoms with Gasteiger partial charge in [0.1, 0.15) is 5.58 Å². The Balaban J connectivity index is 1.60. The normalized spacial score (nSPS) is 20.0. The second kappa shape index (κ2) is 6.61. The van der Waals surface area contributed by atoms with Gasteiger partial charge in [0.25, 0.3) is 5.91 Å². The van der Waals surface area contributed by atoms with E-state index in [9.17, 15) is 4.79 Å². The van der Waals surface area contributed by atoms with Crippen molar-refractivity contribution in [2.45, 2.75) is 19.8 Å². The Kier molecular flexibility index (Phi) is 4.29. The molecule has 2 heterocycles. The third-order valence-electron chi connectivity index (χ3n) is 5.60. The first-order valence-electron chi connectivity index (χ1n) is 9.12. The Morgan fingerprint density at radius 1 is 1.12 bits per heavy atom. The first-order valence-corrected chi connectivity index (χ1v) is 9.12. The van der Waals surface area contributed by atoms with Gasteiger partial charge in [-0.15, -0.1) is 0 Å². The Morgan fingerprint density at radius 3 is 2.58 bits per heavy atom. The molecule has 1 fully saturated rings. The van der Waals surface area contributed by atoms with Gasteiger partial charge in [-0.1, -0.05) is 30.3 Å². The lowest BCUT2D eigenvalue weighted by molar-refractivity contribution is 0.0757. The number of rotatable bonds is 3. The summed E-state index contributed by atoms with van der Waals surface area (Å²) in [5.74, 6) is 0.914. The lowest BCUT2D eigenvalue weighted by Gasteiger charge is -2.16. The summed E-state index contributed by atoms with van der Waals surface area (Å²) in [6, 6.07) is 16.3. The van der Waals surface area contributed by atoms with Crippen LogP contribution in [0.25, 0.3) is 11.0 Å². The van der Waals surface area contributed by atoms with Crippen molar-refractivity contribution in [1.82, 2.24) is 4.90 Å². The van der Waals surface area contributed by atoms with Gasteiger partial charge in [-0.25, -0.2) is 0 Å². The molecule has 1 aliphatic heterocycles. The van der Waals surface area contributed by atoms with E-state index in [-0.39, 0.29) is 17.7 Å². The molecule has 2 atom stereocenters. The predicted molar refractivity (Wildman–Crippen MR) is 103 cm³/mol. The fourth-order valence-electron chi connectivity index (χ4n) is 3.92. The molecule has 134 valence electrons. The Hall–Kier alpha value is -2.59. The van der Waals surface area contributed by atoms with Crippen LogP contribution in [0.4, 0.5) is 0 Å². The number of benzene rings is 2. The minimum absolute atomic E-state index is 0.0478. The van der Waals surface area contributed by atoms with Crippen molar-refractivity contribution in [2.75, 3.05) is 19.6 Å². The molecule has 3 aromatic rings. The highest BCUT2D eigenvalue weighted by molar-refractivity contribution is 5.96. The Labute approximate surface area is 153 Å². The molecule has 0 bridgehead atoms. The molecular weight excluding hydrogens is 324 g/mol. The van der Waals surface area contributed by atoms with E-state index in [1.165, 1.54) is 16.7 Å². The van der Waals surface area contributed by atoms with Crippen molar-refractivity contribution < 1.29 is 9.21 Å². The summed E-state index contributed by atoms with van der Waals surface area (Å²) in [6.45, 7) is 6.04. The molecule has 4 rings (SSSR count). The molecule has 1 aliphatic rings. The number of aryl methyl sites for hydroxylation is 2. The molecule has 4 heteroatoms. The fourth-order valence-corrected chi connectivity index (χ4v) is 3.92. The fraction of sp³-hybridized carbons (Fsp3) is 0.318. The van der Waals surface area contributed by atoms with Gasteiger partial charge in [0, 0.05) is 24.4 Å². The number of amides is 1. The van der Waals surface area contributed by atoms with Gasteiger partial charge < -0.3 is 15.1 Å². The highest BCUT2D eigenvalue weighted by Gasteiger charge is 2.36. The zero-order valence-corrected chi connectivity index (χ0v) is 15.2. The highest BCUT2D eigenvalue weighted by atomic mass is 16.3. The monoisotopic (exact) mass is 348 g/mol. The first-order chi connectivity index (χ1) is 12.6. The number of furan rings is 1. The number of carbonyl (C=O) groups is 1. The average molecular weight is 348 g/mol. The van der Waals surface area contributed by atoms with Crippen molar-refractivity contribution in [3.05, 3.63) is 71.0 Å². The molecule has 2 N–H and O–H groups in total. The summed E-state index contributed by atoms with van der Waals surface area (Å²) in [5, 5.41) is 0.977. The van der Waals surface area contributed by atoms with Crippen LogP contribution in [0.2, 0.25) is 0 Å². The smallest absolute Gasteiger partial charge is 0.289 e. The Morgan fingerprint density at radius 2 is 1.85 bits per heavy atom. The van der Waals surface area contributed by atoms with Crippen LogP contribution in [0, 0.1) is 19.8 Å². The molecule has 4 nitrogen and oxygen atoms in total. The average Bonchev–Trinajstić information content (AvgIpc) is 3.26. The molecule has 0 aliphatic carbocycles. The van der Waals surface area contributed by atoms with Crippen molar-refractivity contribution in [3.63, 3.8) is 0 Å². The summed E-state index contributed by atoms with van der Waals surface area (Å²) < 4.78 is 5.87. The van der Waals surface area contributed by atoms with E-state index < -0.39 is 0 Å². The topological polar surface area (TPSA) is 59.5 Å². The van der Waals surface area contributed by atoms with E-state index in [1.54, 1.807) is 0 Å². The van der Waals surface area contributed by atoms with Crippen LogP contribution in [-0.4, -0.2) is 30.4 Å². The number of nitrogens with zero attached hydrogens (tertiary/aromatic N) is 1. The molecule has 0 radical (unpaired) electrons. The maximum absolute atomic E-state index is 13.0. The number of fused-ring (bicyclic) bond motifs is 1. The molecule has 1 saturated heterocycles. The van der Waals surface area contributed by atoms with E-state index in [0.717, 1.165) is 11.0 Å². The van der Waals surface area contributed by atoms with Crippen molar-refractivity contribution in [2.24, 2.45) is 11.7 Å². The third kappa shape index (κ3) is 2.90. The van der Waals surface area contributed by atoms with Gasteiger partial charge in [-0.3, -0.25) is 4.79 Å². The first kappa shape index (κ1) is 16.9. The number of hydrogen-bond donors (Lipinski definition) is 1. The molecule has 1 aromatic heterocycles. The summed E-state index contributed by atoms with van der Waals surface area (Å²) in [6.07, 6.45) is 0. The quantitative estimate of drug-likeness (QED) is 0.782. The van der Waals surface area contributed by atoms with Crippen LogP contribution in [0.3, 0.4) is 0 Å². The Bertz CT molecular complexity index is 906. The maximum Gasteiger partial charge on any atom is 0.289 e. The van der Waals surface area contributed by atoms with Gasteiger partial charge in [0.15, 0.2) is 5.76 Å². The van der Waals surface area contributed by atoms with E-state index in [1.807, 2.05) is 35.2 Å². The second-order valence-electron chi connectivity index (χ2n) is 7.31. The van der Waals surface area contributed by atoms with Gasteiger partial charge in [-0.2, -0.15) is 0 Å². The largest absolute Gasteiger partial charge is 0.451 e. The number of carbonyl (C=O) groups excluding carboxylic acids is 1. The lowest BCUT2D eigenvalue weighted by atomic mass is 9.89. The van der Waals surface area contributed by atoms with E-state index in [2.05, 4.69) is 32.0 Å². The molecular formula is C22H24N2O2. The van der Waals surface area contributed by atoms with Crippen LogP contribution < -0.4 is 5.73 Å². The van der Waals surface area contributed by atoms with Crippen LogP contribution in [0.5, 0.6) is 0 Å². The molecule has 1 amide bonds. The minimum atomic E-state index is -0.0478. The third-order valence-corrected chi connectivity index (χ3v) is 5.60. The number of likely N-dealkylation sites (tertiary alicyclic amines) is 1. The lowest BCUT2D eigenvalue weighted by Crippen LogP contribution is -2.29. The van der Waals surface area contributed by atoms with Crippen LogP contribution in [0.1, 0.15) is 33.2 Å². The van der Waals surface area contributed by atoms with E-state index in [0.29, 0.717) is 25.4 Å². The highest BCUT2D eigenvalue weighted by Crippen LogP contribution is 2.33. The van der Waals surface area contributed by atoms with E-state index in [4.69, 9.17) is 10.2 Å². The summed E-state index contributed by atoms with van der Waals surface area (Å²) >= 11 is 0. The van der Waals surface area contributed by atoms with Crippen LogP contribution >= 0.6 is 0 Å². The van der Waals surface area contributed by atoms with Gasteiger partial charge in [0.2, 0.25) is 0 Å². The van der Waals surface area contributed by atoms with Crippen molar-refractivity contribution in [1.29, 1.82) is 0 Å². The zero-order chi connectivity index (χ0) is 18.3. The number of nitrogens with two attached hydrogens (primary N) is 1. The van der Waals surface area contributed by atoms with Gasteiger partial charge in [-0.05, 0) is 61.2 Å². The predicted octanol–water partition coefficient (Wildman–Crippen LogP) is 3.86. The van der Waals surface area contributed by atoms with Crippen molar-refractivity contribution in [3.8, 4) is 0 Å². The summed E-state index contributed by atoms with van der Waals surface area (Å²) in [7, 11) is 0. The van der Waals surface area contributed by atoms with Crippen LogP contribution in [0.15, 0.2) is 52.9 Å². The second-order valence-corrected chi connectivity index (χ2v) is 7.31. The van der Waals surface area contributed by atoms with E-state index >= 15 is 0 Å². The van der Waals surface area contributed by atoms with Crippen LogP contribution in [-0.2, 0) is 0 Å². The maximum atomic E-state index is 13.0.